The van der Waals surface area contributed by atoms with E-state index in [4.69, 9.17) is 0 Å². The van der Waals surface area contributed by atoms with Crippen LogP contribution >= 0.6 is 9.24 Å². The monoisotopic (exact) mass is 426 g/mol. The van der Waals surface area contributed by atoms with E-state index >= 15 is 0 Å². The highest BCUT2D eigenvalue weighted by Crippen LogP contribution is 2.34. The summed E-state index contributed by atoms with van der Waals surface area (Å²) in [6.45, 7) is 15.0. The van der Waals surface area contributed by atoms with Gasteiger partial charge in [-0.1, -0.05) is 94.5 Å². The molecule has 1 aromatic carbocycles. The largest absolute Gasteiger partial charge is 0.283 e. The Hall–Kier alpha value is -1.28. The van der Waals surface area contributed by atoms with Crippen LogP contribution in [-0.2, 0) is 5.66 Å². The maximum Gasteiger partial charge on any atom is 0.283 e. The molecule has 0 N–H and O–H groups in total. The summed E-state index contributed by atoms with van der Waals surface area (Å²) in [5.74, 6) is 0.954. The maximum atomic E-state index is 13.0. The Bertz CT molecular complexity index is 659. The minimum Gasteiger partial charge on any atom is -0.238 e. The normalized spacial score (nSPS) is 11.8. The summed E-state index contributed by atoms with van der Waals surface area (Å²) >= 11 is 0. The Balaban J connectivity index is 0.000000547. The first kappa shape index (κ1) is 27.7. The second kappa shape index (κ2) is 14.7. The van der Waals surface area contributed by atoms with Crippen LogP contribution in [0.15, 0.2) is 30.3 Å². The number of nitrogens with zero attached hydrogens (tertiary/aromatic N) is 2. The van der Waals surface area contributed by atoms with Gasteiger partial charge in [-0.3, -0.25) is 0 Å². The zero-order valence-electron chi connectivity index (χ0n) is 19.4. The summed E-state index contributed by atoms with van der Waals surface area (Å²) in [5.41, 5.74) is -0.231. The van der Waals surface area contributed by atoms with Crippen LogP contribution in [0.3, 0.4) is 0 Å². The molecule has 2 atom stereocenters. The average molecular weight is 427 g/mol. The lowest BCUT2D eigenvalue weighted by Gasteiger charge is -2.11. The van der Waals surface area contributed by atoms with Gasteiger partial charge in [0.15, 0.2) is 0 Å². The van der Waals surface area contributed by atoms with Gasteiger partial charge >= 0.3 is 0 Å². The molecule has 0 bridgehead atoms. The molecular formula is C24H41F2N2P. The molecule has 0 spiro atoms. The highest BCUT2D eigenvalue weighted by Gasteiger charge is 2.24. The van der Waals surface area contributed by atoms with Crippen molar-refractivity contribution in [3.63, 3.8) is 0 Å². The van der Waals surface area contributed by atoms with E-state index < -0.39 is 5.66 Å². The fourth-order valence-corrected chi connectivity index (χ4v) is 2.66. The van der Waals surface area contributed by atoms with Gasteiger partial charge in [0.1, 0.15) is 0 Å². The van der Waals surface area contributed by atoms with Gasteiger partial charge in [0.2, 0.25) is 0 Å². The lowest BCUT2D eigenvalue weighted by molar-refractivity contribution is 0.104. The van der Waals surface area contributed by atoms with E-state index in [-0.39, 0.29) is 5.56 Å². The van der Waals surface area contributed by atoms with Crippen molar-refractivity contribution in [3.05, 3.63) is 47.3 Å². The number of unbranched alkanes of at least 4 members (excludes halogenated alkanes) is 2. The molecule has 1 aromatic heterocycles. The summed E-state index contributed by atoms with van der Waals surface area (Å²) in [4.78, 5) is 0. The number of aromatic nitrogens is 2. The Morgan fingerprint density at radius 2 is 1.55 bits per heavy atom. The molecule has 5 heteroatoms. The maximum absolute atomic E-state index is 13.0. The van der Waals surface area contributed by atoms with E-state index in [2.05, 4.69) is 39.7 Å². The number of halogens is 2. The summed E-state index contributed by atoms with van der Waals surface area (Å²) in [6.07, 6.45) is 8.17. The number of hydrogen-bond acceptors (Lipinski definition) is 1. The summed E-state index contributed by atoms with van der Waals surface area (Å²) < 4.78 is 27.8. The van der Waals surface area contributed by atoms with Crippen LogP contribution < -0.4 is 0 Å². The van der Waals surface area contributed by atoms with Crippen molar-refractivity contribution < 1.29 is 8.78 Å². The van der Waals surface area contributed by atoms with E-state index in [1.807, 2.05) is 19.9 Å². The van der Waals surface area contributed by atoms with Gasteiger partial charge in [-0.05, 0) is 38.0 Å². The van der Waals surface area contributed by atoms with Gasteiger partial charge in [-0.25, -0.2) is 4.68 Å². The van der Waals surface area contributed by atoms with Crippen LogP contribution in [0, 0.1) is 19.8 Å². The number of alkyl halides is 2. The summed E-state index contributed by atoms with van der Waals surface area (Å²) in [7, 11) is 1.53. The zero-order chi connectivity index (χ0) is 22.4. The molecule has 0 amide bonds. The molecule has 2 aromatic rings. The van der Waals surface area contributed by atoms with Gasteiger partial charge in [-0.2, -0.15) is 13.9 Å². The van der Waals surface area contributed by atoms with E-state index in [0.717, 1.165) is 23.0 Å². The van der Waals surface area contributed by atoms with Gasteiger partial charge in [0.25, 0.3) is 5.66 Å². The van der Waals surface area contributed by atoms with Crippen molar-refractivity contribution in [1.82, 2.24) is 9.78 Å². The molecule has 0 radical (unpaired) electrons. The second-order valence-electron chi connectivity index (χ2n) is 7.66. The molecule has 2 nitrogen and oxygen atoms in total. The summed E-state index contributed by atoms with van der Waals surface area (Å²) in [6, 6.07) is 8.06. The first-order chi connectivity index (χ1) is 13.6. The van der Waals surface area contributed by atoms with Gasteiger partial charge < -0.3 is 0 Å². The van der Waals surface area contributed by atoms with Crippen molar-refractivity contribution in [2.75, 3.05) is 0 Å². The third kappa shape index (κ3) is 11.5. The quantitative estimate of drug-likeness (QED) is 0.406. The van der Waals surface area contributed by atoms with Crippen LogP contribution in [0.5, 0.6) is 0 Å². The van der Waals surface area contributed by atoms with Crippen molar-refractivity contribution in [3.8, 4) is 5.69 Å². The van der Waals surface area contributed by atoms with Crippen molar-refractivity contribution >= 4 is 9.24 Å². The fourth-order valence-electron chi connectivity index (χ4n) is 2.47. The molecule has 0 saturated carbocycles. The first-order valence-electron chi connectivity index (χ1n) is 10.9. The topological polar surface area (TPSA) is 17.8 Å². The minimum atomic E-state index is -2.88. The van der Waals surface area contributed by atoms with Crippen LogP contribution in [-0.4, -0.2) is 9.78 Å². The number of rotatable bonds is 7. The van der Waals surface area contributed by atoms with Gasteiger partial charge in [0.05, 0.1) is 11.4 Å². The Morgan fingerprint density at radius 1 is 1.00 bits per heavy atom. The minimum absolute atomic E-state index is 0.0206. The first-order valence-corrected chi connectivity index (χ1v) is 11.5. The third-order valence-corrected chi connectivity index (χ3v) is 5.09. The Kier molecular flexibility index (Phi) is 14.0. The highest BCUT2D eigenvalue weighted by atomic mass is 31.0. The van der Waals surface area contributed by atoms with Gasteiger partial charge in [-0.15, -0.1) is 0 Å². The molecular weight excluding hydrogens is 385 g/mol. The van der Waals surface area contributed by atoms with Crippen LogP contribution in [0.1, 0.15) is 90.1 Å². The van der Waals surface area contributed by atoms with Crippen LogP contribution in [0.4, 0.5) is 8.78 Å². The van der Waals surface area contributed by atoms with Gasteiger partial charge in [0, 0.05) is 11.3 Å². The lowest BCUT2D eigenvalue weighted by Crippen LogP contribution is -2.04. The number of hydrogen-bond donors (Lipinski definition) is 0. The Morgan fingerprint density at radius 3 is 1.90 bits per heavy atom. The molecule has 2 rings (SSSR count). The third-order valence-electron chi connectivity index (χ3n) is 4.75. The van der Waals surface area contributed by atoms with Crippen molar-refractivity contribution in [2.24, 2.45) is 5.92 Å². The molecule has 1 heterocycles. The smallest absolute Gasteiger partial charge is 0.238 e. The molecule has 0 aliphatic rings. The SMILES string of the molecule is CCCC.CCCCC(C)CC.Cc1cc(C)n(-c2ccc(C(F)(F)P)cc2)n1. The second-order valence-corrected chi connectivity index (χ2v) is 8.39. The average Bonchev–Trinajstić information content (AvgIpc) is 3.04. The lowest BCUT2D eigenvalue weighted by atomic mass is 10.0. The predicted molar refractivity (Wildman–Crippen MR) is 126 cm³/mol. The van der Waals surface area contributed by atoms with Crippen molar-refractivity contribution in [1.29, 1.82) is 0 Å². The molecule has 0 aliphatic carbocycles. The summed E-state index contributed by atoms with van der Waals surface area (Å²) in [5, 5.41) is 4.30. The van der Waals surface area contributed by atoms with E-state index in [9.17, 15) is 8.78 Å². The highest BCUT2D eigenvalue weighted by molar-refractivity contribution is 7.17. The molecule has 2 unspecified atom stereocenters. The molecule has 0 saturated heterocycles. The van der Waals surface area contributed by atoms with Crippen LogP contribution in [0.2, 0.25) is 0 Å². The molecule has 29 heavy (non-hydrogen) atoms. The standard InChI is InChI=1S/C12H13F2N2P.C8H18.C4H10/c1-8-7-9(2)16(15-8)11-5-3-10(4-6-11)12(13,14)17;1-4-6-7-8(3)5-2;1-3-4-2/h3-7H,17H2,1-2H3;8H,4-7H2,1-3H3;3-4H2,1-2H3. The Labute approximate surface area is 179 Å². The fraction of sp³-hybridized carbons (Fsp3) is 0.625. The molecule has 0 fully saturated rings. The van der Waals surface area contributed by atoms with Crippen LogP contribution in [0.25, 0.3) is 5.69 Å². The number of benzene rings is 1. The predicted octanol–water partition coefficient (Wildman–Crippen LogP) is 8.44. The molecule has 166 valence electrons. The van der Waals surface area contributed by atoms with E-state index in [1.54, 1.807) is 16.8 Å². The van der Waals surface area contributed by atoms with Crippen molar-refractivity contribution in [2.45, 2.75) is 92.7 Å². The zero-order valence-corrected chi connectivity index (χ0v) is 20.6. The number of aryl methyl sites for hydroxylation is 2. The van der Waals surface area contributed by atoms with E-state index in [0.29, 0.717) is 0 Å². The molecule has 0 aliphatic heterocycles. The van der Waals surface area contributed by atoms with E-state index in [1.165, 1.54) is 59.9 Å².